The molecule has 0 atom stereocenters. The molecule has 0 saturated carbocycles. The van der Waals surface area contributed by atoms with Crippen molar-refractivity contribution in [2.75, 3.05) is 12.4 Å². The SMILES string of the molecule is CCOC(=O)CCSc1n[nH]c(CP(=O)(c2ccccc2)c2ccccc2)n1. The van der Waals surface area contributed by atoms with Crippen LogP contribution in [0.1, 0.15) is 19.2 Å². The number of carbonyl (C=O) groups is 1. The van der Waals surface area contributed by atoms with Gasteiger partial charge in [0.05, 0.1) is 19.2 Å². The van der Waals surface area contributed by atoms with Gasteiger partial charge in [0.25, 0.3) is 0 Å². The summed E-state index contributed by atoms with van der Waals surface area (Å²) in [5, 5.41) is 9.18. The molecule has 0 spiro atoms. The Morgan fingerprint density at radius 1 is 1.07 bits per heavy atom. The summed E-state index contributed by atoms with van der Waals surface area (Å²) in [5.74, 6) is 0.864. The fourth-order valence-electron chi connectivity index (χ4n) is 2.75. The number of rotatable bonds is 9. The molecule has 6 nitrogen and oxygen atoms in total. The first-order valence-electron chi connectivity index (χ1n) is 9.02. The van der Waals surface area contributed by atoms with E-state index in [-0.39, 0.29) is 12.1 Å². The van der Waals surface area contributed by atoms with Crippen molar-refractivity contribution < 1.29 is 14.1 Å². The minimum Gasteiger partial charge on any atom is -0.466 e. The third-order valence-corrected chi connectivity index (χ3v) is 7.93. The van der Waals surface area contributed by atoms with Crippen LogP contribution in [-0.2, 0) is 20.3 Å². The zero-order chi connectivity index (χ0) is 19.8. The first-order valence-corrected chi connectivity index (χ1v) is 11.9. The maximum atomic E-state index is 14.0. The highest BCUT2D eigenvalue weighted by atomic mass is 32.2. The molecule has 28 heavy (non-hydrogen) atoms. The zero-order valence-electron chi connectivity index (χ0n) is 15.6. The molecule has 3 aromatic rings. The van der Waals surface area contributed by atoms with Crippen LogP contribution in [0.5, 0.6) is 0 Å². The Bertz CT molecular complexity index is 904. The van der Waals surface area contributed by atoms with E-state index in [1.54, 1.807) is 6.92 Å². The van der Waals surface area contributed by atoms with Crippen molar-refractivity contribution in [3.05, 3.63) is 66.5 Å². The lowest BCUT2D eigenvalue weighted by atomic mass is 10.4. The fourth-order valence-corrected chi connectivity index (χ4v) is 6.02. The Labute approximate surface area is 168 Å². The number of nitrogens with zero attached hydrogens (tertiary/aromatic N) is 2. The van der Waals surface area contributed by atoms with E-state index >= 15 is 0 Å². The predicted molar refractivity (Wildman–Crippen MR) is 112 cm³/mol. The van der Waals surface area contributed by atoms with Gasteiger partial charge >= 0.3 is 5.97 Å². The van der Waals surface area contributed by atoms with Gasteiger partial charge in [0, 0.05) is 16.4 Å². The van der Waals surface area contributed by atoms with Gasteiger partial charge in [-0.2, -0.15) is 0 Å². The zero-order valence-corrected chi connectivity index (χ0v) is 17.3. The molecule has 0 fully saturated rings. The highest BCUT2D eigenvalue weighted by Crippen LogP contribution is 2.46. The van der Waals surface area contributed by atoms with Gasteiger partial charge in [-0.1, -0.05) is 72.4 Å². The Hall–Kier alpha value is -2.37. The average molecular weight is 415 g/mol. The summed E-state index contributed by atoms with van der Waals surface area (Å²) in [5.41, 5.74) is 0. The number of carbonyl (C=O) groups excluding carboxylic acids is 1. The van der Waals surface area contributed by atoms with Gasteiger partial charge in [-0.3, -0.25) is 9.89 Å². The summed E-state index contributed by atoms with van der Waals surface area (Å²) in [6.07, 6.45) is 0.557. The number of ether oxygens (including phenoxy) is 1. The molecule has 0 bridgehead atoms. The molecule has 0 saturated heterocycles. The van der Waals surface area contributed by atoms with Crippen LogP contribution in [0.3, 0.4) is 0 Å². The van der Waals surface area contributed by atoms with Crippen LogP contribution in [0.4, 0.5) is 0 Å². The van der Waals surface area contributed by atoms with Gasteiger partial charge in [-0.05, 0) is 6.92 Å². The van der Waals surface area contributed by atoms with Gasteiger partial charge in [0.1, 0.15) is 5.82 Å². The maximum absolute atomic E-state index is 14.0. The van der Waals surface area contributed by atoms with E-state index in [1.165, 1.54) is 11.8 Å². The van der Waals surface area contributed by atoms with Crippen LogP contribution in [0, 0.1) is 0 Å². The summed E-state index contributed by atoms with van der Waals surface area (Å²) in [6.45, 7) is 2.16. The number of thioether (sulfide) groups is 1. The minimum absolute atomic E-state index is 0.233. The number of nitrogens with one attached hydrogen (secondary N) is 1. The smallest absolute Gasteiger partial charge is 0.306 e. The molecule has 0 aliphatic heterocycles. The Morgan fingerprint density at radius 2 is 1.68 bits per heavy atom. The molecule has 146 valence electrons. The van der Waals surface area contributed by atoms with Crippen LogP contribution in [0.25, 0.3) is 0 Å². The van der Waals surface area contributed by atoms with Crippen molar-refractivity contribution in [2.45, 2.75) is 24.7 Å². The molecule has 8 heteroatoms. The van der Waals surface area contributed by atoms with Crippen molar-refractivity contribution in [3.63, 3.8) is 0 Å². The van der Waals surface area contributed by atoms with Crippen molar-refractivity contribution in [1.29, 1.82) is 0 Å². The van der Waals surface area contributed by atoms with Gasteiger partial charge in [-0.15, -0.1) is 5.10 Å². The van der Waals surface area contributed by atoms with Crippen molar-refractivity contribution >= 4 is 35.5 Å². The fraction of sp³-hybridized carbons (Fsp3) is 0.250. The van der Waals surface area contributed by atoms with E-state index in [2.05, 4.69) is 15.2 Å². The molecule has 3 rings (SSSR count). The van der Waals surface area contributed by atoms with E-state index < -0.39 is 7.14 Å². The lowest BCUT2D eigenvalue weighted by Crippen LogP contribution is -2.17. The van der Waals surface area contributed by atoms with E-state index in [9.17, 15) is 9.36 Å². The highest BCUT2D eigenvalue weighted by Gasteiger charge is 2.29. The van der Waals surface area contributed by atoms with Crippen LogP contribution in [0.15, 0.2) is 65.8 Å². The van der Waals surface area contributed by atoms with E-state index in [1.807, 2.05) is 60.7 Å². The minimum atomic E-state index is -2.90. The number of esters is 1. The summed E-state index contributed by atoms with van der Waals surface area (Å²) in [7, 11) is -2.90. The predicted octanol–water partition coefficient (Wildman–Crippen LogP) is 3.36. The van der Waals surface area contributed by atoms with E-state index in [4.69, 9.17) is 4.74 Å². The average Bonchev–Trinajstić information content (AvgIpc) is 3.16. The summed E-state index contributed by atoms with van der Waals surface area (Å²) in [4.78, 5) is 15.9. The van der Waals surface area contributed by atoms with Crippen LogP contribution < -0.4 is 10.6 Å². The third-order valence-electron chi connectivity index (χ3n) is 4.07. The number of aromatic nitrogens is 3. The number of hydrogen-bond donors (Lipinski definition) is 1. The lowest BCUT2D eigenvalue weighted by molar-refractivity contribution is -0.142. The Morgan fingerprint density at radius 3 is 2.25 bits per heavy atom. The molecule has 0 amide bonds. The second kappa shape index (κ2) is 9.71. The van der Waals surface area contributed by atoms with E-state index in [0.29, 0.717) is 29.8 Å². The summed E-state index contributed by atoms with van der Waals surface area (Å²) < 4.78 is 18.9. The number of aromatic amines is 1. The normalized spacial score (nSPS) is 11.3. The molecule has 0 unspecified atom stereocenters. The molecule has 1 aromatic heterocycles. The van der Waals surface area contributed by atoms with Crippen LogP contribution in [-0.4, -0.2) is 33.5 Å². The molecule has 1 N–H and O–H groups in total. The Kier molecular flexibility index (Phi) is 7.06. The molecular weight excluding hydrogens is 393 g/mol. The van der Waals surface area contributed by atoms with Crippen molar-refractivity contribution in [3.8, 4) is 0 Å². The molecular formula is C20H22N3O3PS. The molecule has 2 aromatic carbocycles. The molecule has 0 aliphatic carbocycles. The monoisotopic (exact) mass is 415 g/mol. The summed E-state index contributed by atoms with van der Waals surface area (Å²) >= 11 is 1.37. The van der Waals surface area contributed by atoms with Crippen molar-refractivity contribution in [2.24, 2.45) is 0 Å². The van der Waals surface area contributed by atoms with Crippen molar-refractivity contribution in [1.82, 2.24) is 15.2 Å². The van der Waals surface area contributed by atoms with Crippen LogP contribution in [0.2, 0.25) is 0 Å². The van der Waals surface area contributed by atoms with Gasteiger partial charge < -0.3 is 9.30 Å². The van der Waals surface area contributed by atoms with Gasteiger partial charge in [0.15, 0.2) is 7.14 Å². The second-order valence-corrected chi connectivity index (χ2v) is 9.93. The second-order valence-electron chi connectivity index (χ2n) is 6.04. The highest BCUT2D eigenvalue weighted by molar-refractivity contribution is 7.99. The molecule has 1 heterocycles. The van der Waals surface area contributed by atoms with E-state index in [0.717, 1.165) is 10.6 Å². The first-order chi connectivity index (χ1) is 13.6. The number of H-pyrrole nitrogens is 1. The summed E-state index contributed by atoms with van der Waals surface area (Å²) in [6, 6.07) is 18.9. The number of hydrogen-bond acceptors (Lipinski definition) is 6. The lowest BCUT2D eigenvalue weighted by Gasteiger charge is -2.18. The van der Waals surface area contributed by atoms with Gasteiger partial charge in [0.2, 0.25) is 5.16 Å². The van der Waals surface area contributed by atoms with Crippen LogP contribution >= 0.6 is 18.9 Å². The number of benzene rings is 2. The Balaban J connectivity index is 1.75. The largest absolute Gasteiger partial charge is 0.466 e. The third kappa shape index (κ3) is 5.12. The quantitative estimate of drug-likeness (QED) is 0.328. The standard InChI is InChI=1S/C20H22N3O3PS/c1-2-26-19(24)13-14-28-20-21-18(22-23-20)15-27(25,16-9-5-3-6-10-16)17-11-7-4-8-12-17/h3-12H,2,13-15H2,1H3,(H,21,22,23). The van der Waals surface area contributed by atoms with Gasteiger partial charge in [-0.25, -0.2) is 4.98 Å². The molecule has 0 aliphatic rings. The molecule has 0 radical (unpaired) electrons. The first kappa shape index (κ1) is 20.4. The topological polar surface area (TPSA) is 84.9 Å². The maximum Gasteiger partial charge on any atom is 0.306 e.